The Kier molecular flexibility index (Phi) is 8.29. The first-order valence-electron chi connectivity index (χ1n) is 10.8. The molecular formula is C24H29N7O2. The van der Waals surface area contributed by atoms with Crippen molar-refractivity contribution in [3.63, 3.8) is 0 Å². The third-order valence-electron chi connectivity index (χ3n) is 4.88. The highest BCUT2D eigenvalue weighted by molar-refractivity contribution is 5.73. The minimum Gasteiger partial charge on any atom is -0.370 e. The molecule has 9 heteroatoms. The maximum Gasteiger partial charge on any atom is 0.227 e. The van der Waals surface area contributed by atoms with Crippen LogP contribution in [-0.2, 0) is 16.1 Å². The van der Waals surface area contributed by atoms with Crippen molar-refractivity contribution in [2.75, 3.05) is 23.7 Å². The van der Waals surface area contributed by atoms with Crippen LogP contribution < -0.4 is 21.3 Å². The summed E-state index contributed by atoms with van der Waals surface area (Å²) in [5, 5.41) is 12.1. The van der Waals surface area contributed by atoms with E-state index in [1.807, 2.05) is 43.3 Å². The molecule has 0 radical (unpaired) electrons. The number of aromatic nitrogens is 3. The van der Waals surface area contributed by atoms with E-state index in [-0.39, 0.29) is 11.8 Å². The molecule has 172 valence electrons. The fraction of sp³-hybridized carbons (Fsp3) is 0.292. The van der Waals surface area contributed by atoms with Crippen LogP contribution in [0.5, 0.6) is 0 Å². The summed E-state index contributed by atoms with van der Waals surface area (Å²) in [5.74, 6) is 1.16. The number of nitrogens with one attached hydrogen (secondary N) is 4. The Bertz CT molecular complexity index is 1120. The lowest BCUT2D eigenvalue weighted by molar-refractivity contribution is -0.119. The first-order chi connectivity index (χ1) is 15.9. The fourth-order valence-corrected chi connectivity index (χ4v) is 3.23. The van der Waals surface area contributed by atoms with E-state index in [0.717, 1.165) is 40.3 Å². The standard InChI is InChI=1S/C24H29N7O2/c1-16-21(8-12-27-23(16)26-11-5-10-25-17(2)32)22-9-13-28-24(31-22)30-20-7-4-6-19(14-20)15-29-18(3)33/h4,6-9,12-14H,5,10-11,15H2,1-3H3,(H,25,32)(H,26,27)(H,29,33)(H,28,30,31). The van der Waals surface area contributed by atoms with Crippen molar-refractivity contribution >= 4 is 29.3 Å². The molecule has 3 rings (SSSR count). The third kappa shape index (κ3) is 7.27. The molecule has 0 saturated heterocycles. The van der Waals surface area contributed by atoms with Gasteiger partial charge in [-0.05, 0) is 43.2 Å². The zero-order chi connectivity index (χ0) is 23.6. The first-order valence-corrected chi connectivity index (χ1v) is 10.8. The highest BCUT2D eigenvalue weighted by atomic mass is 16.2. The molecule has 0 aliphatic rings. The molecule has 2 aromatic heterocycles. The molecule has 1 aromatic carbocycles. The van der Waals surface area contributed by atoms with Gasteiger partial charge < -0.3 is 21.3 Å². The van der Waals surface area contributed by atoms with Gasteiger partial charge in [-0.1, -0.05) is 12.1 Å². The Morgan fingerprint density at radius 3 is 2.52 bits per heavy atom. The van der Waals surface area contributed by atoms with E-state index >= 15 is 0 Å². The van der Waals surface area contributed by atoms with Gasteiger partial charge in [-0.25, -0.2) is 15.0 Å². The topological polar surface area (TPSA) is 121 Å². The number of carbonyl (C=O) groups excluding carboxylic acids is 2. The van der Waals surface area contributed by atoms with Crippen molar-refractivity contribution in [2.45, 2.75) is 33.7 Å². The normalized spacial score (nSPS) is 10.4. The molecule has 0 atom stereocenters. The molecule has 3 aromatic rings. The summed E-state index contributed by atoms with van der Waals surface area (Å²) in [7, 11) is 0. The van der Waals surface area contributed by atoms with Gasteiger partial charge in [-0.2, -0.15) is 0 Å². The first kappa shape index (κ1) is 23.6. The summed E-state index contributed by atoms with van der Waals surface area (Å²) < 4.78 is 0. The number of carbonyl (C=O) groups is 2. The molecule has 0 aliphatic carbocycles. The highest BCUT2D eigenvalue weighted by Crippen LogP contribution is 2.26. The van der Waals surface area contributed by atoms with Crippen molar-refractivity contribution in [2.24, 2.45) is 0 Å². The van der Waals surface area contributed by atoms with Crippen molar-refractivity contribution in [1.82, 2.24) is 25.6 Å². The lowest BCUT2D eigenvalue weighted by Crippen LogP contribution is -2.22. The maximum atomic E-state index is 11.2. The van der Waals surface area contributed by atoms with Gasteiger partial charge in [-0.3, -0.25) is 9.59 Å². The average molecular weight is 448 g/mol. The lowest BCUT2D eigenvalue weighted by Gasteiger charge is -2.13. The Labute approximate surface area is 193 Å². The van der Waals surface area contributed by atoms with Crippen LogP contribution in [0.1, 0.15) is 31.4 Å². The highest BCUT2D eigenvalue weighted by Gasteiger charge is 2.10. The number of benzene rings is 1. The van der Waals surface area contributed by atoms with Crippen molar-refractivity contribution in [3.8, 4) is 11.3 Å². The van der Waals surface area contributed by atoms with Gasteiger partial charge in [-0.15, -0.1) is 0 Å². The minimum absolute atomic E-state index is 0.0288. The number of pyridine rings is 1. The SMILES string of the molecule is CC(=O)NCCCNc1nccc(-c2ccnc(Nc3cccc(CNC(C)=O)c3)n2)c1C. The summed E-state index contributed by atoms with van der Waals surface area (Å²) in [6.07, 6.45) is 4.26. The quantitative estimate of drug-likeness (QED) is 0.352. The van der Waals surface area contributed by atoms with E-state index in [1.54, 1.807) is 12.4 Å². The largest absolute Gasteiger partial charge is 0.370 e. The molecule has 33 heavy (non-hydrogen) atoms. The monoisotopic (exact) mass is 447 g/mol. The van der Waals surface area contributed by atoms with Crippen LogP contribution in [0.25, 0.3) is 11.3 Å². The van der Waals surface area contributed by atoms with Crippen LogP contribution in [-0.4, -0.2) is 39.9 Å². The predicted molar refractivity (Wildman–Crippen MR) is 129 cm³/mol. The Morgan fingerprint density at radius 2 is 1.73 bits per heavy atom. The van der Waals surface area contributed by atoms with Crippen LogP contribution in [0, 0.1) is 6.92 Å². The third-order valence-corrected chi connectivity index (χ3v) is 4.88. The van der Waals surface area contributed by atoms with Gasteiger partial charge in [0.2, 0.25) is 17.8 Å². The Hall–Kier alpha value is -4.01. The number of rotatable bonds is 10. The molecule has 4 N–H and O–H groups in total. The summed E-state index contributed by atoms with van der Waals surface area (Å²) in [5.41, 5.74) is 4.54. The van der Waals surface area contributed by atoms with Gasteiger partial charge in [0.15, 0.2) is 0 Å². The van der Waals surface area contributed by atoms with E-state index in [9.17, 15) is 9.59 Å². The van der Waals surface area contributed by atoms with Gasteiger partial charge in [0.25, 0.3) is 0 Å². The predicted octanol–water partition coefficient (Wildman–Crippen LogP) is 3.16. The lowest BCUT2D eigenvalue weighted by atomic mass is 10.1. The van der Waals surface area contributed by atoms with E-state index < -0.39 is 0 Å². The van der Waals surface area contributed by atoms with Gasteiger partial charge in [0.05, 0.1) is 5.69 Å². The van der Waals surface area contributed by atoms with Crippen LogP contribution in [0.3, 0.4) is 0 Å². The van der Waals surface area contributed by atoms with Crippen molar-refractivity contribution in [1.29, 1.82) is 0 Å². The zero-order valence-electron chi connectivity index (χ0n) is 19.1. The zero-order valence-corrected chi connectivity index (χ0v) is 19.1. The Balaban J connectivity index is 1.70. The summed E-state index contributed by atoms with van der Waals surface area (Å²) >= 11 is 0. The van der Waals surface area contributed by atoms with Crippen LogP contribution in [0.15, 0.2) is 48.8 Å². The second-order valence-corrected chi connectivity index (χ2v) is 7.60. The molecule has 0 fully saturated rings. The second kappa shape index (κ2) is 11.6. The summed E-state index contributed by atoms with van der Waals surface area (Å²) in [4.78, 5) is 35.6. The van der Waals surface area contributed by atoms with Gasteiger partial charge in [0.1, 0.15) is 5.82 Å². The molecule has 0 unspecified atom stereocenters. The van der Waals surface area contributed by atoms with Crippen molar-refractivity contribution in [3.05, 3.63) is 59.9 Å². The molecule has 0 spiro atoms. The molecule has 0 saturated carbocycles. The molecule has 0 bridgehead atoms. The minimum atomic E-state index is -0.0706. The van der Waals surface area contributed by atoms with E-state index in [0.29, 0.717) is 25.6 Å². The number of anilines is 3. The average Bonchev–Trinajstić information content (AvgIpc) is 2.79. The molecule has 0 aliphatic heterocycles. The fourth-order valence-electron chi connectivity index (χ4n) is 3.23. The van der Waals surface area contributed by atoms with Gasteiger partial charge >= 0.3 is 0 Å². The van der Waals surface area contributed by atoms with Crippen LogP contribution >= 0.6 is 0 Å². The molecular weight excluding hydrogens is 418 g/mol. The molecule has 2 amide bonds. The van der Waals surface area contributed by atoms with E-state index in [4.69, 9.17) is 0 Å². The van der Waals surface area contributed by atoms with Crippen LogP contribution in [0.2, 0.25) is 0 Å². The summed E-state index contributed by atoms with van der Waals surface area (Å²) in [6.45, 7) is 6.78. The Morgan fingerprint density at radius 1 is 0.939 bits per heavy atom. The number of hydrogen-bond donors (Lipinski definition) is 4. The van der Waals surface area contributed by atoms with E-state index in [1.165, 1.54) is 13.8 Å². The van der Waals surface area contributed by atoms with E-state index in [2.05, 4.69) is 36.2 Å². The molecule has 9 nitrogen and oxygen atoms in total. The molecule has 2 heterocycles. The smallest absolute Gasteiger partial charge is 0.227 e. The maximum absolute atomic E-state index is 11.2. The van der Waals surface area contributed by atoms with Gasteiger partial charge in [0, 0.05) is 62.7 Å². The number of hydrogen-bond acceptors (Lipinski definition) is 7. The summed E-state index contributed by atoms with van der Waals surface area (Å²) in [6, 6.07) is 11.5. The second-order valence-electron chi connectivity index (χ2n) is 7.60. The number of amides is 2. The van der Waals surface area contributed by atoms with Crippen molar-refractivity contribution < 1.29 is 9.59 Å². The van der Waals surface area contributed by atoms with Crippen LogP contribution in [0.4, 0.5) is 17.5 Å². The number of nitrogens with zero attached hydrogens (tertiary/aromatic N) is 3.